The van der Waals surface area contributed by atoms with Crippen molar-refractivity contribution in [2.45, 2.75) is 6.54 Å². The largest absolute Gasteiger partial charge is 0.265 e. The maximum atomic E-state index is 11.2. The Balaban J connectivity index is 2.24. The molecule has 0 atom stereocenters. The first-order chi connectivity index (χ1) is 9.24. The average Bonchev–Trinajstić information content (AvgIpc) is 2.61. The van der Waals surface area contributed by atoms with E-state index in [0.717, 1.165) is 11.8 Å². The van der Waals surface area contributed by atoms with E-state index in [0.29, 0.717) is 21.1 Å². The van der Waals surface area contributed by atoms with Crippen LogP contribution in [0.25, 0.3) is 0 Å². The molecule has 20 heavy (non-hydrogen) atoms. The molecule has 1 heterocycles. The summed E-state index contributed by atoms with van der Waals surface area (Å²) in [7, 11) is -3.37. The van der Waals surface area contributed by atoms with Crippen LogP contribution in [0.1, 0.15) is 5.56 Å². The molecule has 0 aliphatic carbocycles. The number of anilines is 1. The van der Waals surface area contributed by atoms with Crippen LogP contribution < -0.4 is 4.72 Å². The Morgan fingerprint density at radius 1 is 1.40 bits per heavy atom. The number of hydrogen-bond donors (Lipinski definition) is 1. The SMILES string of the molecule is CS(=O)(=O)Nc1nn(Cc2ccc(Cl)cc2Cl)cc1Br. The molecule has 1 aromatic heterocycles. The van der Waals surface area contributed by atoms with E-state index in [-0.39, 0.29) is 5.82 Å². The van der Waals surface area contributed by atoms with E-state index in [1.165, 1.54) is 0 Å². The molecule has 0 unspecified atom stereocenters. The van der Waals surface area contributed by atoms with Crippen molar-refractivity contribution in [2.75, 3.05) is 11.0 Å². The van der Waals surface area contributed by atoms with E-state index >= 15 is 0 Å². The minimum absolute atomic E-state index is 0.234. The third kappa shape index (κ3) is 4.12. The molecule has 1 N–H and O–H groups in total. The second kappa shape index (κ2) is 5.93. The molecule has 0 amide bonds. The molecule has 9 heteroatoms. The summed E-state index contributed by atoms with van der Waals surface area (Å²) < 4.78 is 26.8. The van der Waals surface area contributed by atoms with Gasteiger partial charge in [0.15, 0.2) is 5.82 Å². The van der Waals surface area contributed by atoms with Crippen LogP contribution in [0.3, 0.4) is 0 Å². The maximum absolute atomic E-state index is 11.2. The highest BCUT2D eigenvalue weighted by atomic mass is 79.9. The van der Waals surface area contributed by atoms with E-state index in [4.69, 9.17) is 23.2 Å². The van der Waals surface area contributed by atoms with Crippen molar-refractivity contribution in [1.82, 2.24) is 9.78 Å². The van der Waals surface area contributed by atoms with Crippen LogP contribution in [0.5, 0.6) is 0 Å². The molecule has 0 aliphatic rings. The van der Waals surface area contributed by atoms with Crippen molar-refractivity contribution in [3.05, 3.63) is 44.5 Å². The van der Waals surface area contributed by atoms with Gasteiger partial charge in [0.1, 0.15) is 0 Å². The third-order valence-corrected chi connectivity index (χ3v) is 4.08. The summed E-state index contributed by atoms with van der Waals surface area (Å²) >= 11 is 15.2. The second-order valence-corrected chi connectivity index (χ2v) is 7.58. The van der Waals surface area contributed by atoms with Crippen LogP contribution in [-0.4, -0.2) is 24.5 Å². The Labute approximate surface area is 135 Å². The number of halogens is 3. The Morgan fingerprint density at radius 3 is 2.70 bits per heavy atom. The standard InChI is InChI=1S/C11H10BrCl2N3O2S/c1-20(18,19)16-11-9(12)6-17(15-11)5-7-2-3-8(13)4-10(7)14/h2-4,6H,5H2,1H3,(H,15,16). The minimum atomic E-state index is -3.37. The summed E-state index contributed by atoms with van der Waals surface area (Å²) in [6.45, 7) is 0.403. The van der Waals surface area contributed by atoms with Gasteiger partial charge in [-0.15, -0.1) is 0 Å². The first-order valence-corrected chi connectivity index (χ1v) is 8.83. The first-order valence-electron chi connectivity index (χ1n) is 5.39. The summed E-state index contributed by atoms with van der Waals surface area (Å²) in [6.07, 6.45) is 2.73. The molecule has 0 aliphatic heterocycles. The quantitative estimate of drug-likeness (QED) is 0.858. The van der Waals surface area contributed by atoms with Gasteiger partial charge in [-0.25, -0.2) is 8.42 Å². The zero-order valence-corrected chi connectivity index (χ0v) is 14.2. The Morgan fingerprint density at radius 2 is 2.10 bits per heavy atom. The van der Waals surface area contributed by atoms with Crippen LogP contribution in [0, 0.1) is 0 Å². The van der Waals surface area contributed by atoms with Gasteiger partial charge in [0.2, 0.25) is 10.0 Å². The Bertz CT molecular complexity index is 746. The van der Waals surface area contributed by atoms with E-state index in [1.54, 1.807) is 29.1 Å². The fourth-order valence-electron chi connectivity index (χ4n) is 1.55. The van der Waals surface area contributed by atoms with Gasteiger partial charge in [0.25, 0.3) is 0 Å². The highest BCUT2D eigenvalue weighted by Crippen LogP contribution is 2.24. The molecular weight excluding hydrogens is 389 g/mol. The molecule has 0 saturated heterocycles. The second-order valence-electron chi connectivity index (χ2n) is 4.13. The summed E-state index contributed by atoms with van der Waals surface area (Å²) in [4.78, 5) is 0. The number of aromatic nitrogens is 2. The lowest BCUT2D eigenvalue weighted by molar-refractivity contribution is 0.606. The first kappa shape index (κ1) is 15.6. The molecule has 108 valence electrons. The van der Waals surface area contributed by atoms with Gasteiger partial charge in [0, 0.05) is 16.2 Å². The monoisotopic (exact) mass is 397 g/mol. The zero-order chi connectivity index (χ0) is 14.9. The number of hydrogen-bond acceptors (Lipinski definition) is 3. The summed E-state index contributed by atoms with van der Waals surface area (Å²) in [5, 5.41) is 5.23. The molecule has 0 fully saturated rings. The van der Waals surface area contributed by atoms with E-state index in [2.05, 4.69) is 25.8 Å². The van der Waals surface area contributed by atoms with Crippen LogP contribution in [0.4, 0.5) is 5.82 Å². The fourth-order valence-corrected chi connectivity index (χ4v) is 3.06. The number of rotatable bonds is 4. The van der Waals surface area contributed by atoms with Crippen molar-refractivity contribution in [3.63, 3.8) is 0 Å². The molecular formula is C11H10BrCl2N3O2S. The Kier molecular flexibility index (Phi) is 4.63. The number of benzene rings is 1. The van der Waals surface area contributed by atoms with E-state index in [9.17, 15) is 8.42 Å². The van der Waals surface area contributed by atoms with Crippen LogP contribution in [0.15, 0.2) is 28.9 Å². The minimum Gasteiger partial charge on any atom is -0.265 e. The number of nitrogens with one attached hydrogen (secondary N) is 1. The fraction of sp³-hybridized carbons (Fsp3) is 0.182. The van der Waals surface area contributed by atoms with Gasteiger partial charge >= 0.3 is 0 Å². The smallest absolute Gasteiger partial charge is 0.231 e. The molecule has 0 saturated carbocycles. The molecule has 5 nitrogen and oxygen atoms in total. The molecule has 2 aromatic rings. The van der Waals surface area contributed by atoms with Gasteiger partial charge in [0.05, 0.1) is 17.3 Å². The van der Waals surface area contributed by atoms with Crippen molar-refractivity contribution < 1.29 is 8.42 Å². The highest BCUT2D eigenvalue weighted by Gasteiger charge is 2.12. The number of nitrogens with zero attached hydrogens (tertiary/aromatic N) is 2. The predicted molar refractivity (Wildman–Crippen MR) is 84.0 cm³/mol. The third-order valence-electron chi connectivity index (χ3n) is 2.35. The molecule has 2 rings (SSSR count). The maximum Gasteiger partial charge on any atom is 0.231 e. The van der Waals surface area contributed by atoms with Gasteiger partial charge < -0.3 is 0 Å². The van der Waals surface area contributed by atoms with Gasteiger partial charge in [-0.2, -0.15) is 5.10 Å². The predicted octanol–water partition coefficient (Wildman–Crippen LogP) is 3.37. The van der Waals surface area contributed by atoms with Crippen molar-refractivity contribution >= 4 is 55.0 Å². The Hall–Kier alpha value is -0.760. The van der Waals surface area contributed by atoms with Crippen molar-refractivity contribution in [1.29, 1.82) is 0 Å². The van der Waals surface area contributed by atoms with Crippen molar-refractivity contribution in [3.8, 4) is 0 Å². The lowest BCUT2D eigenvalue weighted by Crippen LogP contribution is -2.11. The molecule has 1 aromatic carbocycles. The normalized spacial score (nSPS) is 11.6. The van der Waals surface area contributed by atoms with Crippen molar-refractivity contribution in [2.24, 2.45) is 0 Å². The highest BCUT2D eigenvalue weighted by molar-refractivity contribution is 9.10. The van der Waals surface area contributed by atoms with Crippen LogP contribution >= 0.6 is 39.1 Å². The summed E-state index contributed by atoms with van der Waals surface area (Å²) in [6, 6.07) is 5.17. The topological polar surface area (TPSA) is 64.0 Å². The molecule has 0 bridgehead atoms. The summed E-state index contributed by atoms with van der Waals surface area (Å²) in [5.74, 6) is 0.234. The number of sulfonamides is 1. The van der Waals surface area contributed by atoms with Crippen LogP contribution in [0.2, 0.25) is 10.0 Å². The van der Waals surface area contributed by atoms with Gasteiger partial charge in [-0.3, -0.25) is 9.40 Å². The summed E-state index contributed by atoms with van der Waals surface area (Å²) in [5.41, 5.74) is 0.831. The van der Waals surface area contributed by atoms with Crippen LogP contribution in [-0.2, 0) is 16.6 Å². The lowest BCUT2D eigenvalue weighted by atomic mass is 10.2. The average molecular weight is 399 g/mol. The van der Waals surface area contributed by atoms with E-state index in [1.807, 2.05) is 0 Å². The lowest BCUT2D eigenvalue weighted by Gasteiger charge is -2.05. The van der Waals surface area contributed by atoms with Gasteiger partial charge in [-0.05, 0) is 33.6 Å². The molecule has 0 radical (unpaired) electrons. The zero-order valence-electron chi connectivity index (χ0n) is 10.3. The molecule has 0 spiro atoms. The van der Waals surface area contributed by atoms with Gasteiger partial charge in [-0.1, -0.05) is 29.3 Å². The van der Waals surface area contributed by atoms with E-state index < -0.39 is 10.0 Å².